The lowest BCUT2D eigenvalue weighted by molar-refractivity contribution is 0.112. The van der Waals surface area contributed by atoms with Crippen LogP contribution in [0.1, 0.15) is 36.5 Å². The highest BCUT2D eigenvalue weighted by atomic mass is 35.5. The zero-order valence-electron chi connectivity index (χ0n) is 9.82. The Balaban J connectivity index is 1.99. The zero-order valence-corrected chi connectivity index (χ0v) is 10.6. The molecule has 0 aliphatic heterocycles. The smallest absolute Gasteiger partial charge is 0.156 e. The minimum Gasteiger partial charge on any atom is -0.369 e. The van der Waals surface area contributed by atoms with Crippen LogP contribution < -0.4 is 5.32 Å². The lowest BCUT2D eigenvalue weighted by atomic mass is 10.1. The van der Waals surface area contributed by atoms with Crippen molar-refractivity contribution < 1.29 is 4.79 Å². The molecule has 17 heavy (non-hydrogen) atoms. The van der Waals surface area contributed by atoms with Crippen LogP contribution in [0.2, 0.25) is 5.15 Å². The van der Waals surface area contributed by atoms with Crippen LogP contribution in [0, 0.1) is 11.8 Å². The van der Waals surface area contributed by atoms with Gasteiger partial charge in [0.15, 0.2) is 6.29 Å². The number of aldehydes is 1. The SMILES string of the molecule is CC1CCC(CNc2ncnc(Cl)c2C=O)C1. The van der Waals surface area contributed by atoms with Crippen molar-refractivity contribution in [2.24, 2.45) is 11.8 Å². The number of hydrogen-bond donors (Lipinski definition) is 1. The van der Waals surface area contributed by atoms with Crippen LogP contribution >= 0.6 is 11.6 Å². The third-order valence-electron chi connectivity index (χ3n) is 3.31. The molecule has 1 aliphatic carbocycles. The van der Waals surface area contributed by atoms with E-state index in [1.54, 1.807) is 0 Å². The standard InChI is InChI=1S/C12H16ClN3O/c1-8-2-3-9(4-8)5-14-12-10(6-17)11(13)15-7-16-12/h6-9H,2-5H2,1H3,(H,14,15,16). The molecule has 1 saturated carbocycles. The largest absolute Gasteiger partial charge is 0.369 e. The Hall–Kier alpha value is -1.16. The topological polar surface area (TPSA) is 54.9 Å². The van der Waals surface area contributed by atoms with Gasteiger partial charge in [-0.25, -0.2) is 9.97 Å². The summed E-state index contributed by atoms with van der Waals surface area (Å²) in [6.45, 7) is 3.12. The summed E-state index contributed by atoms with van der Waals surface area (Å²) in [5.74, 6) is 2.01. The van der Waals surface area contributed by atoms with Crippen LogP contribution in [0.3, 0.4) is 0 Å². The lowest BCUT2D eigenvalue weighted by Crippen LogP contribution is -2.14. The van der Waals surface area contributed by atoms with Crippen LogP contribution in [-0.2, 0) is 0 Å². The first-order chi connectivity index (χ1) is 8.20. The summed E-state index contributed by atoms with van der Waals surface area (Å²) in [5, 5.41) is 3.41. The second-order valence-corrected chi connectivity index (χ2v) is 5.07. The number of carbonyl (C=O) groups is 1. The van der Waals surface area contributed by atoms with Crippen molar-refractivity contribution in [3.63, 3.8) is 0 Å². The van der Waals surface area contributed by atoms with E-state index in [-0.39, 0.29) is 5.15 Å². The predicted molar refractivity (Wildman–Crippen MR) is 67.4 cm³/mol. The first-order valence-corrected chi connectivity index (χ1v) is 6.28. The van der Waals surface area contributed by atoms with E-state index in [4.69, 9.17) is 11.6 Å². The predicted octanol–water partition coefficient (Wildman–Crippen LogP) is 2.79. The molecule has 92 valence electrons. The normalized spacial score (nSPS) is 23.6. The van der Waals surface area contributed by atoms with Crippen LogP contribution in [0.15, 0.2) is 6.33 Å². The van der Waals surface area contributed by atoms with Gasteiger partial charge in [0.2, 0.25) is 0 Å². The van der Waals surface area contributed by atoms with Gasteiger partial charge in [-0.2, -0.15) is 0 Å². The van der Waals surface area contributed by atoms with E-state index in [0.717, 1.165) is 12.5 Å². The molecule has 0 aromatic carbocycles. The molecule has 2 rings (SSSR count). The fourth-order valence-corrected chi connectivity index (χ4v) is 2.55. The molecule has 0 amide bonds. The van der Waals surface area contributed by atoms with E-state index in [1.165, 1.54) is 25.6 Å². The second kappa shape index (κ2) is 5.45. The molecule has 4 nitrogen and oxygen atoms in total. The molecule has 0 saturated heterocycles. The number of aromatic nitrogens is 2. The van der Waals surface area contributed by atoms with Gasteiger partial charge in [-0.15, -0.1) is 0 Å². The number of nitrogens with zero attached hydrogens (tertiary/aromatic N) is 2. The van der Waals surface area contributed by atoms with Crippen LogP contribution in [-0.4, -0.2) is 22.8 Å². The number of anilines is 1. The Morgan fingerprint density at radius 1 is 1.53 bits per heavy atom. The summed E-state index contributed by atoms with van der Waals surface area (Å²) in [6, 6.07) is 0. The van der Waals surface area contributed by atoms with Crippen LogP contribution in [0.5, 0.6) is 0 Å². The van der Waals surface area contributed by atoms with E-state index in [2.05, 4.69) is 22.2 Å². The third kappa shape index (κ3) is 2.94. The Morgan fingerprint density at radius 3 is 3.00 bits per heavy atom. The van der Waals surface area contributed by atoms with Crippen molar-refractivity contribution in [3.05, 3.63) is 17.0 Å². The highest BCUT2D eigenvalue weighted by Gasteiger charge is 2.21. The Labute approximate surface area is 106 Å². The Morgan fingerprint density at radius 2 is 2.35 bits per heavy atom. The van der Waals surface area contributed by atoms with Crippen molar-refractivity contribution in [1.29, 1.82) is 0 Å². The van der Waals surface area contributed by atoms with E-state index >= 15 is 0 Å². The number of halogens is 1. The van der Waals surface area contributed by atoms with E-state index in [1.807, 2.05) is 0 Å². The molecule has 1 aromatic rings. The third-order valence-corrected chi connectivity index (χ3v) is 3.62. The summed E-state index contributed by atoms with van der Waals surface area (Å²) in [5.41, 5.74) is 0.347. The second-order valence-electron chi connectivity index (χ2n) is 4.71. The molecule has 1 aromatic heterocycles. The van der Waals surface area contributed by atoms with Crippen molar-refractivity contribution >= 4 is 23.7 Å². The van der Waals surface area contributed by atoms with Gasteiger partial charge in [-0.1, -0.05) is 24.9 Å². The Bertz CT molecular complexity index is 411. The quantitative estimate of drug-likeness (QED) is 0.662. The number of hydrogen-bond acceptors (Lipinski definition) is 4. The average molecular weight is 254 g/mol. The van der Waals surface area contributed by atoms with Gasteiger partial charge >= 0.3 is 0 Å². The molecule has 0 spiro atoms. The van der Waals surface area contributed by atoms with Crippen molar-refractivity contribution in [1.82, 2.24) is 9.97 Å². The molecule has 0 bridgehead atoms. The molecule has 1 aliphatic rings. The molecule has 1 heterocycles. The first kappa shape index (κ1) is 12.3. The maximum absolute atomic E-state index is 10.9. The lowest BCUT2D eigenvalue weighted by Gasteiger charge is -2.12. The van der Waals surface area contributed by atoms with E-state index in [9.17, 15) is 4.79 Å². The van der Waals surface area contributed by atoms with Gasteiger partial charge in [0, 0.05) is 6.54 Å². The first-order valence-electron chi connectivity index (χ1n) is 5.90. The van der Waals surface area contributed by atoms with Crippen molar-refractivity contribution in [2.45, 2.75) is 26.2 Å². The summed E-state index contributed by atoms with van der Waals surface area (Å²) in [4.78, 5) is 18.7. The van der Waals surface area contributed by atoms with Gasteiger partial charge in [-0.3, -0.25) is 4.79 Å². The molecule has 0 radical (unpaired) electrons. The molecule has 1 N–H and O–H groups in total. The highest BCUT2D eigenvalue weighted by molar-refractivity contribution is 6.32. The molecule has 2 unspecified atom stereocenters. The molecular weight excluding hydrogens is 238 g/mol. The summed E-state index contributed by atoms with van der Waals surface area (Å²) in [7, 11) is 0. The number of carbonyl (C=O) groups excluding carboxylic acids is 1. The van der Waals surface area contributed by atoms with Gasteiger partial charge in [0.25, 0.3) is 0 Å². The van der Waals surface area contributed by atoms with Gasteiger partial charge in [0.1, 0.15) is 17.3 Å². The fourth-order valence-electron chi connectivity index (χ4n) is 2.37. The molecule has 2 atom stereocenters. The maximum atomic E-state index is 10.9. The van der Waals surface area contributed by atoms with E-state index < -0.39 is 0 Å². The fraction of sp³-hybridized carbons (Fsp3) is 0.583. The summed E-state index contributed by atoms with van der Waals surface area (Å²) < 4.78 is 0. The monoisotopic (exact) mass is 253 g/mol. The van der Waals surface area contributed by atoms with Gasteiger partial charge in [-0.05, 0) is 24.7 Å². The van der Waals surface area contributed by atoms with Crippen LogP contribution in [0.25, 0.3) is 0 Å². The van der Waals surface area contributed by atoms with Gasteiger partial charge in [0.05, 0.1) is 5.56 Å². The summed E-state index contributed by atoms with van der Waals surface area (Å²) in [6.07, 6.45) is 5.83. The molecule has 5 heteroatoms. The Kier molecular flexibility index (Phi) is 3.94. The summed E-state index contributed by atoms with van der Waals surface area (Å²) >= 11 is 5.83. The maximum Gasteiger partial charge on any atom is 0.156 e. The number of nitrogens with one attached hydrogen (secondary N) is 1. The highest BCUT2D eigenvalue weighted by Crippen LogP contribution is 2.30. The van der Waals surface area contributed by atoms with E-state index in [0.29, 0.717) is 23.6 Å². The van der Waals surface area contributed by atoms with Crippen LogP contribution in [0.4, 0.5) is 5.82 Å². The molecular formula is C12H16ClN3O. The minimum absolute atomic E-state index is 0.206. The number of rotatable bonds is 4. The minimum atomic E-state index is 0.206. The molecule has 1 fully saturated rings. The van der Waals surface area contributed by atoms with Crippen molar-refractivity contribution in [3.8, 4) is 0 Å². The average Bonchev–Trinajstić information content (AvgIpc) is 2.72. The van der Waals surface area contributed by atoms with Gasteiger partial charge < -0.3 is 5.32 Å². The zero-order chi connectivity index (χ0) is 12.3. The van der Waals surface area contributed by atoms with Crippen molar-refractivity contribution in [2.75, 3.05) is 11.9 Å².